The molecule has 158 valence electrons. The number of hydrogen-bond acceptors (Lipinski definition) is 6. The van der Waals surface area contributed by atoms with Crippen LogP contribution in [0, 0.1) is 0 Å². The van der Waals surface area contributed by atoms with Crippen molar-refractivity contribution in [3.63, 3.8) is 0 Å². The summed E-state index contributed by atoms with van der Waals surface area (Å²) in [6, 6.07) is 0. The highest BCUT2D eigenvalue weighted by Gasteiger charge is 2.33. The van der Waals surface area contributed by atoms with Gasteiger partial charge in [0.25, 0.3) is 0 Å². The van der Waals surface area contributed by atoms with Gasteiger partial charge in [0.05, 0.1) is 28.8 Å². The molecular weight excluding hydrogens is 413 g/mol. The summed E-state index contributed by atoms with van der Waals surface area (Å²) in [7, 11) is 0. The molecule has 11 heteroatoms. The van der Waals surface area contributed by atoms with Crippen molar-refractivity contribution in [2.45, 2.75) is 32.2 Å². The number of aromatic amines is 1. The van der Waals surface area contributed by atoms with E-state index >= 15 is 0 Å². The number of fused-ring (bicyclic) bond motifs is 1. The Morgan fingerprint density at radius 1 is 1.53 bits per heavy atom. The van der Waals surface area contributed by atoms with Crippen LogP contribution in [0.3, 0.4) is 0 Å². The van der Waals surface area contributed by atoms with Gasteiger partial charge in [-0.25, -0.2) is 4.39 Å². The quantitative estimate of drug-likeness (QED) is 0.579. The number of ether oxygens (including phenoxy) is 1. The lowest BCUT2D eigenvalue weighted by Crippen LogP contribution is -2.49. The van der Waals surface area contributed by atoms with Gasteiger partial charge in [0, 0.05) is 25.5 Å². The number of rotatable bonds is 6. The maximum atomic E-state index is 14.6. The Hall–Kier alpha value is -3.14. The minimum absolute atomic E-state index is 0.0889. The number of H-pyrrole nitrogens is 1. The largest absolute Gasteiger partial charge is 0.469 e. The minimum atomic E-state index is -1.25. The number of amides is 1. The number of carbonyl (C=O) groups excluding carboxylic acids is 1. The molecule has 0 aliphatic carbocycles. The van der Waals surface area contributed by atoms with Crippen molar-refractivity contribution >= 4 is 40.2 Å². The second kappa shape index (κ2) is 8.31. The van der Waals surface area contributed by atoms with Gasteiger partial charge < -0.3 is 19.9 Å². The Labute approximate surface area is 176 Å². The summed E-state index contributed by atoms with van der Waals surface area (Å²) in [6.45, 7) is 6.58. The van der Waals surface area contributed by atoms with Crippen LogP contribution >= 0.6 is 11.6 Å². The molecule has 1 saturated heterocycles. The Balaban J connectivity index is 1.64. The van der Waals surface area contributed by atoms with Crippen LogP contribution in [-0.2, 0) is 11.3 Å². The fraction of sp³-hybridized carbons (Fsp3) is 0.368. The molecule has 0 spiro atoms. The fourth-order valence-electron chi connectivity index (χ4n) is 3.31. The third kappa shape index (κ3) is 3.95. The first kappa shape index (κ1) is 20.1. The molecule has 1 fully saturated rings. The zero-order valence-corrected chi connectivity index (χ0v) is 17.1. The number of hydrogen-bond donors (Lipinski definition) is 2. The van der Waals surface area contributed by atoms with Gasteiger partial charge in [0.1, 0.15) is 17.9 Å². The Kier molecular flexibility index (Phi) is 5.58. The van der Waals surface area contributed by atoms with E-state index in [1.165, 1.54) is 11.0 Å². The van der Waals surface area contributed by atoms with E-state index in [1.54, 1.807) is 17.1 Å². The summed E-state index contributed by atoms with van der Waals surface area (Å²) < 4.78 is 22.3. The van der Waals surface area contributed by atoms with Crippen LogP contribution in [0.25, 0.3) is 11.0 Å². The summed E-state index contributed by atoms with van der Waals surface area (Å²) in [5.41, 5.74) is 1.14. The van der Waals surface area contributed by atoms with Crippen LogP contribution in [0.5, 0.6) is 5.88 Å². The maximum absolute atomic E-state index is 14.6. The van der Waals surface area contributed by atoms with Gasteiger partial charge >= 0.3 is 0 Å². The predicted molar refractivity (Wildman–Crippen MR) is 111 cm³/mol. The third-order valence-electron chi connectivity index (χ3n) is 4.89. The zero-order chi connectivity index (χ0) is 21.3. The minimum Gasteiger partial charge on any atom is -0.469 e. The fourth-order valence-corrected chi connectivity index (χ4v) is 3.53. The standard InChI is InChI=1S/C19H21ClFN7O2/c1-3-15(29)27-6-5-13(21)14(10-27)30-18-16-12(20)8-22-17(16)25-19(26-18)24-11-7-23-28(4-2)9-11/h3,7-9,13-14H,1,4-6,10H2,2H3,(H2,22,24,25,26)/t13-,14+/m1/s1. The molecule has 2 atom stereocenters. The van der Waals surface area contributed by atoms with Gasteiger partial charge in [-0.05, 0) is 19.4 Å². The number of alkyl halides is 1. The van der Waals surface area contributed by atoms with Crippen molar-refractivity contribution in [3.05, 3.63) is 36.3 Å². The highest BCUT2D eigenvalue weighted by atomic mass is 35.5. The summed E-state index contributed by atoms with van der Waals surface area (Å²) in [5, 5.41) is 8.07. The second-order valence-corrected chi connectivity index (χ2v) is 7.28. The van der Waals surface area contributed by atoms with Crippen molar-refractivity contribution < 1.29 is 13.9 Å². The van der Waals surface area contributed by atoms with Crippen molar-refractivity contribution in [1.29, 1.82) is 0 Å². The molecule has 0 radical (unpaired) electrons. The van der Waals surface area contributed by atoms with Crippen LogP contribution < -0.4 is 10.1 Å². The van der Waals surface area contributed by atoms with Gasteiger partial charge in [-0.1, -0.05) is 18.2 Å². The van der Waals surface area contributed by atoms with E-state index in [0.29, 0.717) is 28.3 Å². The normalized spacial score (nSPS) is 19.1. The summed E-state index contributed by atoms with van der Waals surface area (Å²) >= 11 is 6.27. The molecule has 4 heterocycles. The summed E-state index contributed by atoms with van der Waals surface area (Å²) in [4.78, 5) is 25.2. The highest BCUT2D eigenvalue weighted by Crippen LogP contribution is 2.33. The molecule has 4 rings (SSSR count). The van der Waals surface area contributed by atoms with Crippen LogP contribution in [0.2, 0.25) is 5.02 Å². The molecule has 0 saturated carbocycles. The first-order chi connectivity index (χ1) is 14.5. The molecule has 0 aromatic carbocycles. The molecule has 2 N–H and O–H groups in total. The number of nitrogens with one attached hydrogen (secondary N) is 2. The van der Waals surface area contributed by atoms with E-state index in [2.05, 4.69) is 31.9 Å². The first-order valence-corrected chi connectivity index (χ1v) is 9.92. The summed E-state index contributed by atoms with van der Waals surface area (Å²) in [6.07, 6.45) is 4.27. The van der Waals surface area contributed by atoms with E-state index < -0.39 is 12.3 Å². The average Bonchev–Trinajstić information content (AvgIpc) is 3.35. The molecule has 3 aromatic rings. The average molecular weight is 434 g/mol. The number of aromatic nitrogens is 5. The highest BCUT2D eigenvalue weighted by molar-refractivity contribution is 6.35. The van der Waals surface area contributed by atoms with E-state index in [-0.39, 0.29) is 30.7 Å². The molecule has 9 nitrogen and oxygen atoms in total. The monoisotopic (exact) mass is 433 g/mol. The van der Waals surface area contributed by atoms with Gasteiger partial charge in [0.15, 0.2) is 0 Å². The van der Waals surface area contributed by atoms with Gasteiger partial charge in [-0.15, -0.1) is 0 Å². The van der Waals surface area contributed by atoms with Gasteiger partial charge in [-0.3, -0.25) is 9.48 Å². The van der Waals surface area contributed by atoms with Gasteiger partial charge in [0.2, 0.25) is 17.7 Å². The molecule has 0 bridgehead atoms. The molecule has 1 amide bonds. The third-order valence-corrected chi connectivity index (χ3v) is 5.19. The van der Waals surface area contributed by atoms with Crippen molar-refractivity contribution in [2.75, 3.05) is 18.4 Å². The molecule has 3 aromatic heterocycles. The second-order valence-electron chi connectivity index (χ2n) is 6.87. The lowest BCUT2D eigenvalue weighted by molar-refractivity contribution is -0.130. The Morgan fingerprint density at radius 3 is 3.10 bits per heavy atom. The zero-order valence-electron chi connectivity index (χ0n) is 16.3. The molecule has 1 aliphatic rings. The lowest BCUT2D eigenvalue weighted by atomic mass is 10.1. The number of anilines is 2. The Bertz CT molecular complexity index is 1080. The number of carbonyl (C=O) groups is 1. The van der Waals surface area contributed by atoms with Crippen LogP contribution in [0.1, 0.15) is 13.3 Å². The number of halogens is 2. The van der Waals surface area contributed by atoms with Crippen LogP contribution in [0.15, 0.2) is 31.2 Å². The lowest BCUT2D eigenvalue weighted by Gasteiger charge is -2.34. The smallest absolute Gasteiger partial charge is 0.246 e. The van der Waals surface area contributed by atoms with Crippen molar-refractivity contribution in [1.82, 2.24) is 29.6 Å². The van der Waals surface area contributed by atoms with E-state index in [4.69, 9.17) is 16.3 Å². The van der Waals surface area contributed by atoms with E-state index in [1.807, 2.05) is 13.1 Å². The molecule has 1 aliphatic heterocycles. The van der Waals surface area contributed by atoms with E-state index in [0.717, 1.165) is 6.54 Å². The van der Waals surface area contributed by atoms with Gasteiger partial charge in [-0.2, -0.15) is 15.1 Å². The number of nitrogens with zero attached hydrogens (tertiary/aromatic N) is 5. The van der Waals surface area contributed by atoms with Crippen molar-refractivity contribution in [2.24, 2.45) is 0 Å². The topological polar surface area (TPSA) is 101 Å². The predicted octanol–water partition coefficient (Wildman–Crippen LogP) is 3.08. The number of aryl methyl sites for hydroxylation is 1. The molecular formula is C19H21ClFN7O2. The molecule has 30 heavy (non-hydrogen) atoms. The number of piperidine rings is 1. The maximum Gasteiger partial charge on any atom is 0.246 e. The first-order valence-electron chi connectivity index (χ1n) is 9.54. The number of likely N-dealkylation sites (tertiary alicyclic amines) is 1. The van der Waals surface area contributed by atoms with E-state index in [9.17, 15) is 9.18 Å². The van der Waals surface area contributed by atoms with Crippen LogP contribution in [0.4, 0.5) is 16.0 Å². The van der Waals surface area contributed by atoms with Crippen LogP contribution in [-0.4, -0.2) is 60.9 Å². The van der Waals surface area contributed by atoms with Crippen molar-refractivity contribution in [3.8, 4) is 5.88 Å². The SMILES string of the molecule is C=CC(=O)N1CC[C@@H](F)[C@@H](Oc2nc(Nc3cnn(CC)c3)nc3[nH]cc(Cl)c23)C1. The molecule has 0 unspecified atom stereocenters. The Morgan fingerprint density at radius 2 is 2.37 bits per heavy atom. The summed E-state index contributed by atoms with van der Waals surface area (Å²) in [5.74, 6) is 0.118.